The lowest BCUT2D eigenvalue weighted by molar-refractivity contribution is -0.113. The van der Waals surface area contributed by atoms with Crippen LogP contribution < -0.4 is 10.2 Å². The van der Waals surface area contributed by atoms with E-state index < -0.39 is 5.97 Å². The molecule has 31 heavy (non-hydrogen) atoms. The third-order valence-electron chi connectivity index (χ3n) is 4.47. The molecule has 0 aliphatic carbocycles. The van der Waals surface area contributed by atoms with E-state index in [2.05, 4.69) is 25.2 Å². The Kier molecular flexibility index (Phi) is 6.95. The summed E-state index contributed by atoms with van der Waals surface area (Å²) in [6, 6.07) is 6.78. The molecule has 1 aliphatic rings. The summed E-state index contributed by atoms with van der Waals surface area (Å²) in [6.45, 7) is 4.94. The second-order valence-corrected chi connectivity index (χ2v) is 8.47. The molecule has 1 aromatic carbocycles. The maximum absolute atomic E-state index is 12.5. The number of hydrogen-bond acceptors (Lipinski definition) is 10. The lowest BCUT2D eigenvalue weighted by atomic mass is 10.2. The number of anilines is 2. The molecule has 4 rings (SSSR count). The molecule has 1 amide bonds. The van der Waals surface area contributed by atoms with Crippen LogP contribution in [0, 0.1) is 0 Å². The second-order valence-electron chi connectivity index (χ2n) is 6.53. The number of morpholine rings is 1. The van der Waals surface area contributed by atoms with E-state index >= 15 is 0 Å². The van der Waals surface area contributed by atoms with E-state index in [0.29, 0.717) is 35.1 Å². The lowest BCUT2D eigenvalue weighted by Gasteiger charge is -2.25. The predicted molar refractivity (Wildman–Crippen MR) is 120 cm³/mol. The molecule has 3 heterocycles. The number of fused-ring (bicyclic) bond motifs is 1. The highest BCUT2D eigenvalue weighted by Crippen LogP contribution is 2.34. The number of benzene rings is 1. The maximum Gasteiger partial charge on any atom is 0.340 e. The summed E-state index contributed by atoms with van der Waals surface area (Å²) >= 11 is 2.83. The van der Waals surface area contributed by atoms with Crippen LogP contribution in [-0.2, 0) is 14.3 Å². The fraction of sp³-hybridized carbons (Fsp3) is 0.350. The molecular weight excluding hydrogens is 438 g/mol. The molecule has 9 nitrogen and oxygen atoms in total. The molecule has 1 saturated heterocycles. The van der Waals surface area contributed by atoms with Crippen molar-refractivity contribution in [3.63, 3.8) is 0 Å². The highest BCUT2D eigenvalue weighted by atomic mass is 32.2. The topological polar surface area (TPSA) is 107 Å². The highest BCUT2D eigenvalue weighted by molar-refractivity contribution is 8.00. The number of para-hydroxylation sites is 1. The van der Waals surface area contributed by atoms with Gasteiger partial charge >= 0.3 is 5.97 Å². The van der Waals surface area contributed by atoms with Crippen LogP contribution in [0.4, 0.5) is 10.8 Å². The Morgan fingerprint density at radius 2 is 2.06 bits per heavy atom. The van der Waals surface area contributed by atoms with Gasteiger partial charge in [-0.15, -0.1) is 0 Å². The van der Waals surface area contributed by atoms with E-state index in [9.17, 15) is 9.59 Å². The van der Waals surface area contributed by atoms with Crippen molar-refractivity contribution in [3.8, 4) is 0 Å². The summed E-state index contributed by atoms with van der Waals surface area (Å²) < 4.78 is 11.3. The van der Waals surface area contributed by atoms with Crippen molar-refractivity contribution in [2.75, 3.05) is 48.9 Å². The zero-order valence-electron chi connectivity index (χ0n) is 16.9. The average Bonchev–Trinajstić information content (AvgIpc) is 3.24. The Hall–Kier alpha value is -2.76. The van der Waals surface area contributed by atoms with Gasteiger partial charge in [-0.1, -0.05) is 35.2 Å². The zero-order chi connectivity index (χ0) is 21.6. The van der Waals surface area contributed by atoms with E-state index in [1.165, 1.54) is 29.4 Å². The number of nitrogens with zero attached hydrogens (tertiary/aromatic N) is 4. The van der Waals surface area contributed by atoms with Gasteiger partial charge in [0.05, 0.1) is 36.8 Å². The summed E-state index contributed by atoms with van der Waals surface area (Å²) in [5, 5.41) is 4.37. The number of carbonyl (C=O) groups is 2. The van der Waals surface area contributed by atoms with Gasteiger partial charge in [-0.05, 0) is 19.1 Å². The van der Waals surface area contributed by atoms with E-state index in [0.717, 1.165) is 22.9 Å². The van der Waals surface area contributed by atoms with Gasteiger partial charge in [0, 0.05) is 13.1 Å². The van der Waals surface area contributed by atoms with Crippen molar-refractivity contribution >= 4 is 56.1 Å². The third kappa shape index (κ3) is 5.12. The van der Waals surface area contributed by atoms with Crippen LogP contribution >= 0.6 is 23.1 Å². The third-order valence-corrected chi connectivity index (χ3v) is 6.70. The minimum absolute atomic E-state index is 0.133. The molecule has 0 bridgehead atoms. The van der Waals surface area contributed by atoms with Crippen LogP contribution in [0.1, 0.15) is 17.3 Å². The first-order valence-electron chi connectivity index (χ1n) is 9.78. The molecule has 11 heteroatoms. The molecular formula is C20H21N5O4S2. The van der Waals surface area contributed by atoms with Crippen LogP contribution in [0.3, 0.4) is 0 Å². The molecule has 0 atom stereocenters. The number of ether oxygens (including phenoxy) is 2. The number of aromatic nitrogens is 3. The normalized spacial score (nSPS) is 13.9. The first-order chi connectivity index (χ1) is 15.2. The smallest absolute Gasteiger partial charge is 0.340 e. The van der Waals surface area contributed by atoms with E-state index in [4.69, 9.17) is 9.47 Å². The fourth-order valence-corrected chi connectivity index (χ4v) is 4.96. The first kappa shape index (κ1) is 21.5. The van der Waals surface area contributed by atoms with Gasteiger partial charge in [0.15, 0.2) is 10.8 Å². The number of esters is 1. The number of nitrogens with one attached hydrogen (secondary N) is 1. The van der Waals surface area contributed by atoms with E-state index in [1.807, 2.05) is 0 Å². The van der Waals surface area contributed by atoms with Gasteiger partial charge in [0.2, 0.25) is 5.91 Å². The summed E-state index contributed by atoms with van der Waals surface area (Å²) in [6.07, 6.45) is 1.46. The van der Waals surface area contributed by atoms with Crippen molar-refractivity contribution < 1.29 is 19.1 Å². The Labute approximate surface area is 187 Å². The van der Waals surface area contributed by atoms with E-state index in [-0.39, 0.29) is 18.3 Å². The number of thioether (sulfide) groups is 1. The average molecular weight is 460 g/mol. The molecule has 0 unspecified atom stereocenters. The zero-order valence-corrected chi connectivity index (χ0v) is 18.5. The van der Waals surface area contributed by atoms with Gasteiger partial charge in [-0.25, -0.2) is 14.8 Å². The van der Waals surface area contributed by atoms with Crippen molar-refractivity contribution in [1.29, 1.82) is 0 Å². The molecule has 1 aliphatic heterocycles. The monoisotopic (exact) mass is 459 g/mol. The largest absolute Gasteiger partial charge is 0.462 e. The molecule has 0 radical (unpaired) electrons. The molecule has 1 N–H and O–H groups in total. The Morgan fingerprint density at radius 1 is 1.26 bits per heavy atom. The SMILES string of the molecule is CCOC(=O)c1ccccc1NC(=O)CSc1ncnc2nc(N3CCOCC3)sc12. The van der Waals surface area contributed by atoms with Gasteiger partial charge < -0.3 is 19.7 Å². The summed E-state index contributed by atoms with van der Waals surface area (Å²) in [4.78, 5) is 40.0. The van der Waals surface area contributed by atoms with Crippen LogP contribution in [0.25, 0.3) is 10.3 Å². The fourth-order valence-electron chi connectivity index (χ4n) is 3.01. The van der Waals surface area contributed by atoms with Crippen molar-refractivity contribution in [3.05, 3.63) is 36.2 Å². The van der Waals surface area contributed by atoms with Crippen LogP contribution in [-0.4, -0.2) is 65.5 Å². The maximum atomic E-state index is 12.5. The Bertz CT molecular complexity index is 1080. The predicted octanol–water partition coefficient (Wildman–Crippen LogP) is 2.83. The van der Waals surface area contributed by atoms with Crippen LogP contribution in [0.5, 0.6) is 0 Å². The standard InChI is InChI=1S/C20H21N5O4S2/c1-2-29-19(27)13-5-3-4-6-14(13)23-15(26)11-30-18-16-17(21-12-22-18)24-20(31-16)25-7-9-28-10-8-25/h3-6,12H,2,7-11H2,1H3,(H,23,26). The van der Waals surface area contributed by atoms with Crippen molar-refractivity contribution in [1.82, 2.24) is 15.0 Å². The number of carbonyl (C=O) groups excluding carboxylic acids is 2. The Morgan fingerprint density at radius 3 is 2.87 bits per heavy atom. The van der Waals surface area contributed by atoms with E-state index in [1.54, 1.807) is 31.2 Å². The molecule has 3 aromatic rings. The molecule has 1 fully saturated rings. The number of hydrogen-bond donors (Lipinski definition) is 1. The Balaban J connectivity index is 1.44. The summed E-state index contributed by atoms with van der Waals surface area (Å²) in [5.41, 5.74) is 1.37. The molecule has 0 saturated carbocycles. The highest BCUT2D eigenvalue weighted by Gasteiger charge is 2.19. The van der Waals surface area contributed by atoms with Crippen LogP contribution in [0.15, 0.2) is 35.6 Å². The molecule has 162 valence electrons. The number of rotatable bonds is 7. The van der Waals surface area contributed by atoms with Gasteiger partial charge in [-0.2, -0.15) is 4.98 Å². The van der Waals surface area contributed by atoms with Crippen LogP contribution in [0.2, 0.25) is 0 Å². The van der Waals surface area contributed by atoms with Crippen molar-refractivity contribution in [2.24, 2.45) is 0 Å². The number of amides is 1. The first-order valence-corrected chi connectivity index (χ1v) is 11.6. The van der Waals surface area contributed by atoms with Crippen molar-refractivity contribution in [2.45, 2.75) is 11.9 Å². The summed E-state index contributed by atoms with van der Waals surface area (Å²) in [7, 11) is 0. The molecule has 0 spiro atoms. The quantitative estimate of drug-likeness (QED) is 0.324. The molecule has 2 aromatic heterocycles. The van der Waals surface area contributed by atoms with Gasteiger partial charge in [0.25, 0.3) is 0 Å². The second kappa shape index (κ2) is 10.0. The summed E-state index contributed by atoms with van der Waals surface area (Å²) in [5.74, 6) is -0.580. The lowest BCUT2D eigenvalue weighted by Crippen LogP contribution is -2.36. The number of thiazole rings is 1. The van der Waals surface area contributed by atoms with Gasteiger partial charge in [0.1, 0.15) is 16.1 Å². The minimum Gasteiger partial charge on any atom is -0.462 e. The van der Waals surface area contributed by atoms with Gasteiger partial charge in [-0.3, -0.25) is 4.79 Å². The minimum atomic E-state index is -0.469.